The van der Waals surface area contributed by atoms with Gasteiger partial charge in [0.1, 0.15) is 6.42 Å². The molecule has 18 heavy (non-hydrogen) atoms. The lowest BCUT2D eigenvalue weighted by molar-refractivity contribution is -0.138. The van der Waals surface area contributed by atoms with Gasteiger partial charge in [-0.3, -0.25) is 19.8 Å². The summed E-state index contributed by atoms with van der Waals surface area (Å²) < 4.78 is 0. The third-order valence-corrected chi connectivity index (χ3v) is 4.20. The van der Waals surface area contributed by atoms with Gasteiger partial charge >= 0.3 is 6.03 Å². The van der Waals surface area contributed by atoms with Gasteiger partial charge in [0.25, 0.3) is 0 Å². The van der Waals surface area contributed by atoms with E-state index < -0.39 is 11.9 Å². The zero-order valence-corrected chi connectivity index (χ0v) is 10.2. The number of nitrogens with zero attached hydrogens (tertiary/aromatic N) is 2. The monoisotopic (exact) mass is 251 g/mol. The van der Waals surface area contributed by atoms with Crippen molar-refractivity contribution < 1.29 is 14.4 Å². The molecule has 0 saturated carbocycles. The summed E-state index contributed by atoms with van der Waals surface area (Å²) in [6.45, 7) is 2.08. The number of carbonyl (C=O) groups excluding carboxylic acids is 3. The van der Waals surface area contributed by atoms with Gasteiger partial charge in [-0.25, -0.2) is 4.79 Å². The van der Waals surface area contributed by atoms with Gasteiger partial charge in [0.05, 0.1) is 0 Å². The fourth-order valence-electron chi connectivity index (χ4n) is 3.37. The van der Waals surface area contributed by atoms with Gasteiger partial charge in [-0.2, -0.15) is 0 Å². The first-order chi connectivity index (χ1) is 8.65. The molecule has 0 aromatic heterocycles. The molecule has 3 aliphatic rings. The highest BCUT2D eigenvalue weighted by Crippen LogP contribution is 2.30. The number of nitrogens with one attached hydrogen (secondary N) is 1. The molecule has 2 atom stereocenters. The molecule has 0 bridgehead atoms. The molecular formula is C12H17N3O3. The molecule has 6 heteroatoms. The average Bonchev–Trinajstić information content (AvgIpc) is 2.74. The third-order valence-electron chi connectivity index (χ3n) is 4.20. The summed E-state index contributed by atoms with van der Waals surface area (Å²) in [5, 5.41) is 2.23. The molecule has 0 spiro atoms. The van der Waals surface area contributed by atoms with Gasteiger partial charge in [0.15, 0.2) is 0 Å². The van der Waals surface area contributed by atoms with Gasteiger partial charge in [-0.15, -0.1) is 0 Å². The summed E-state index contributed by atoms with van der Waals surface area (Å²) in [5.74, 6) is -0.834. The summed E-state index contributed by atoms with van der Waals surface area (Å²) in [6.07, 6.45) is 3.84. The van der Waals surface area contributed by atoms with Crippen LogP contribution in [0.2, 0.25) is 0 Å². The topological polar surface area (TPSA) is 69.7 Å². The molecule has 3 heterocycles. The molecule has 1 N–H and O–H groups in total. The summed E-state index contributed by atoms with van der Waals surface area (Å²) in [7, 11) is 0. The Labute approximate surface area is 105 Å². The lowest BCUT2D eigenvalue weighted by Gasteiger charge is -2.40. The number of barbiturate groups is 1. The first-order valence-electron chi connectivity index (χ1n) is 6.55. The van der Waals surface area contributed by atoms with E-state index in [-0.39, 0.29) is 18.4 Å². The number of carbonyl (C=O) groups is 3. The van der Waals surface area contributed by atoms with Crippen molar-refractivity contribution in [1.29, 1.82) is 0 Å². The number of amides is 4. The highest BCUT2D eigenvalue weighted by molar-refractivity contribution is 6.14. The second kappa shape index (κ2) is 4.35. The van der Waals surface area contributed by atoms with Crippen LogP contribution in [0.15, 0.2) is 0 Å². The predicted octanol–water partition coefficient (Wildman–Crippen LogP) is 0.0817. The van der Waals surface area contributed by atoms with Gasteiger partial charge < -0.3 is 4.90 Å². The van der Waals surface area contributed by atoms with E-state index in [1.54, 1.807) is 0 Å². The van der Waals surface area contributed by atoms with Crippen LogP contribution in [0.1, 0.15) is 32.1 Å². The van der Waals surface area contributed by atoms with Crippen molar-refractivity contribution in [2.75, 3.05) is 13.1 Å². The standard InChI is InChI=1S/C12H17N3O3/c16-10-7-11(17)15(12(18)13-10)9-3-5-14-4-1-2-8(14)6-9/h8-9H,1-7H2,(H,13,16,18). The maximum Gasteiger partial charge on any atom is 0.331 e. The fourth-order valence-corrected chi connectivity index (χ4v) is 3.37. The molecule has 0 radical (unpaired) electrons. The van der Waals surface area contributed by atoms with E-state index in [0.717, 1.165) is 32.4 Å². The Kier molecular flexibility index (Phi) is 2.81. The maximum absolute atomic E-state index is 11.8. The van der Waals surface area contributed by atoms with Gasteiger partial charge in [0, 0.05) is 18.6 Å². The molecule has 4 amide bonds. The normalized spacial score (nSPS) is 33.6. The smallest absolute Gasteiger partial charge is 0.300 e. The SMILES string of the molecule is O=C1CC(=O)N(C2CCN3CCCC3C2)C(=O)N1. The van der Waals surface area contributed by atoms with Gasteiger partial charge in [-0.05, 0) is 32.2 Å². The summed E-state index contributed by atoms with van der Waals surface area (Å²) >= 11 is 0. The van der Waals surface area contributed by atoms with Crippen LogP contribution in [0.4, 0.5) is 4.79 Å². The minimum absolute atomic E-state index is 0.0371. The summed E-state index contributed by atoms with van der Waals surface area (Å²) in [6, 6.07) is -0.0698. The number of piperidine rings is 1. The van der Waals surface area contributed by atoms with Crippen molar-refractivity contribution in [3.63, 3.8) is 0 Å². The lowest BCUT2D eigenvalue weighted by atomic mass is 9.95. The Hall–Kier alpha value is -1.43. The number of rotatable bonds is 1. The third kappa shape index (κ3) is 1.90. The molecular weight excluding hydrogens is 234 g/mol. The summed E-state index contributed by atoms with van der Waals surface area (Å²) in [5.41, 5.74) is 0. The maximum atomic E-state index is 11.8. The minimum Gasteiger partial charge on any atom is -0.300 e. The molecule has 3 fully saturated rings. The van der Waals surface area contributed by atoms with Crippen molar-refractivity contribution >= 4 is 17.8 Å². The molecule has 3 saturated heterocycles. The van der Waals surface area contributed by atoms with E-state index >= 15 is 0 Å². The zero-order chi connectivity index (χ0) is 12.7. The van der Waals surface area contributed by atoms with E-state index in [1.807, 2.05) is 0 Å². The highest BCUT2D eigenvalue weighted by Gasteiger charge is 2.41. The van der Waals surface area contributed by atoms with E-state index in [4.69, 9.17) is 0 Å². The van der Waals surface area contributed by atoms with Crippen molar-refractivity contribution in [2.45, 2.75) is 44.2 Å². The molecule has 0 aromatic carbocycles. The van der Waals surface area contributed by atoms with Crippen molar-refractivity contribution in [3.8, 4) is 0 Å². The van der Waals surface area contributed by atoms with Crippen LogP contribution >= 0.6 is 0 Å². The molecule has 0 aromatic rings. The Morgan fingerprint density at radius 3 is 2.67 bits per heavy atom. The van der Waals surface area contributed by atoms with Crippen LogP contribution in [0, 0.1) is 0 Å². The Morgan fingerprint density at radius 1 is 1.06 bits per heavy atom. The van der Waals surface area contributed by atoms with Gasteiger partial charge in [-0.1, -0.05) is 0 Å². The first kappa shape index (κ1) is 11.6. The number of fused-ring (bicyclic) bond motifs is 1. The van der Waals surface area contributed by atoms with E-state index in [0.29, 0.717) is 6.04 Å². The van der Waals surface area contributed by atoms with E-state index in [1.165, 1.54) is 11.3 Å². The number of urea groups is 1. The molecule has 2 unspecified atom stereocenters. The Bertz CT molecular complexity index is 389. The quantitative estimate of drug-likeness (QED) is 0.670. The average molecular weight is 251 g/mol. The highest BCUT2D eigenvalue weighted by atomic mass is 16.2. The molecule has 0 aliphatic carbocycles. The van der Waals surface area contributed by atoms with Gasteiger partial charge in [0.2, 0.25) is 11.8 Å². The van der Waals surface area contributed by atoms with Crippen molar-refractivity contribution in [3.05, 3.63) is 0 Å². The molecule has 3 rings (SSSR count). The summed E-state index contributed by atoms with van der Waals surface area (Å²) in [4.78, 5) is 38.4. The second-order valence-corrected chi connectivity index (χ2v) is 5.30. The lowest BCUT2D eigenvalue weighted by Crippen LogP contribution is -2.59. The van der Waals surface area contributed by atoms with Crippen molar-refractivity contribution in [1.82, 2.24) is 15.1 Å². The molecule has 3 aliphatic heterocycles. The Balaban J connectivity index is 1.72. The van der Waals surface area contributed by atoms with E-state index in [9.17, 15) is 14.4 Å². The minimum atomic E-state index is -0.535. The van der Waals surface area contributed by atoms with Crippen LogP contribution in [0.3, 0.4) is 0 Å². The zero-order valence-electron chi connectivity index (χ0n) is 10.2. The Morgan fingerprint density at radius 2 is 1.89 bits per heavy atom. The number of hydrogen-bond donors (Lipinski definition) is 1. The van der Waals surface area contributed by atoms with Crippen LogP contribution < -0.4 is 5.32 Å². The van der Waals surface area contributed by atoms with Crippen molar-refractivity contribution in [2.24, 2.45) is 0 Å². The largest absolute Gasteiger partial charge is 0.331 e. The second-order valence-electron chi connectivity index (χ2n) is 5.30. The predicted molar refractivity (Wildman–Crippen MR) is 62.6 cm³/mol. The fraction of sp³-hybridized carbons (Fsp3) is 0.750. The van der Waals surface area contributed by atoms with Crippen LogP contribution in [0.25, 0.3) is 0 Å². The number of hydrogen-bond acceptors (Lipinski definition) is 4. The van der Waals surface area contributed by atoms with Crippen LogP contribution in [-0.4, -0.2) is 52.8 Å². The van der Waals surface area contributed by atoms with Crippen LogP contribution in [-0.2, 0) is 9.59 Å². The first-order valence-corrected chi connectivity index (χ1v) is 6.55. The molecule has 98 valence electrons. The van der Waals surface area contributed by atoms with Crippen LogP contribution in [0.5, 0.6) is 0 Å². The number of imide groups is 2. The van der Waals surface area contributed by atoms with E-state index in [2.05, 4.69) is 10.2 Å². The molecule has 6 nitrogen and oxygen atoms in total.